The van der Waals surface area contributed by atoms with E-state index in [2.05, 4.69) is 22.4 Å². The first-order valence-corrected chi connectivity index (χ1v) is 9.91. The third kappa shape index (κ3) is 5.03. The first-order chi connectivity index (χ1) is 14.2. The Morgan fingerprint density at radius 1 is 1.21 bits per heavy atom. The van der Waals surface area contributed by atoms with Crippen LogP contribution in [0.4, 0.5) is 10.5 Å². The lowest BCUT2D eigenvalue weighted by Crippen LogP contribution is -2.47. The molecular weight excluding hydrogens is 366 g/mol. The summed E-state index contributed by atoms with van der Waals surface area (Å²) in [5.41, 5.74) is 3.66. The second kappa shape index (κ2) is 8.92. The number of urea groups is 1. The Bertz CT molecular complexity index is 955. The van der Waals surface area contributed by atoms with Gasteiger partial charge in [-0.2, -0.15) is 0 Å². The Morgan fingerprint density at radius 2 is 2.07 bits per heavy atom. The minimum absolute atomic E-state index is 0.0522. The third-order valence-electron chi connectivity index (χ3n) is 5.00. The van der Waals surface area contributed by atoms with Gasteiger partial charge in [-0.1, -0.05) is 36.4 Å². The lowest BCUT2D eigenvalue weighted by atomic mass is 10.1. The number of carbonyl (C=O) groups excluding carboxylic acids is 1. The van der Waals surface area contributed by atoms with Crippen molar-refractivity contribution in [3.8, 4) is 11.5 Å². The number of benzene rings is 2. The van der Waals surface area contributed by atoms with Crippen molar-refractivity contribution in [2.45, 2.75) is 25.9 Å². The zero-order valence-electron chi connectivity index (χ0n) is 16.5. The molecule has 1 aliphatic rings. The minimum atomic E-state index is -0.112. The van der Waals surface area contributed by atoms with Crippen molar-refractivity contribution in [1.82, 2.24) is 9.88 Å². The molecule has 0 radical (unpaired) electrons. The number of aromatic nitrogens is 1. The van der Waals surface area contributed by atoms with Crippen LogP contribution in [0.2, 0.25) is 0 Å². The molecule has 6 heteroatoms. The fourth-order valence-corrected chi connectivity index (χ4v) is 3.47. The van der Waals surface area contributed by atoms with Gasteiger partial charge in [-0.05, 0) is 43.5 Å². The molecule has 1 atom stereocenters. The number of aryl methyl sites for hydroxylation is 2. The number of carbonyl (C=O) groups is 1. The summed E-state index contributed by atoms with van der Waals surface area (Å²) in [6, 6.07) is 17.8. The largest absolute Gasteiger partial charge is 0.444 e. The second-order valence-electron chi connectivity index (χ2n) is 7.27. The van der Waals surface area contributed by atoms with Gasteiger partial charge in [0.05, 0.1) is 18.4 Å². The van der Waals surface area contributed by atoms with E-state index in [1.165, 1.54) is 5.56 Å². The first kappa shape index (κ1) is 19.2. The van der Waals surface area contributed by atoms with Crippen LogP contribution in [0.5, 0.6) is 0 Å². The molecule has 150 valence electrons. The highest BCUT2D eigenvalue weighted by molar-refractivity contribution is 5.90. The molecule has 2 amide bonds. The summed E-state index contributed by atoms with van der Waals surface area (Å²) in [6.45, 7) is 3.62. The van der Waals surface area contributed by atoms with E-state index in [0.29, 0.717) is 25.6 Å². The molecule has 1 aliphatic heterocycles. The first-order valence-electron chi connectivity index (χ1n) is 9.91. The molecule has 0 spiro atoms. The fraction of sp³-hybridized carbons (Fsp3) is 0.304. The maximum atomic E-state index is 12.8. The van der Waals surface area contributed by atoms with Crippen LogP contribution in [-0.2, 0) is 11.2 Å². The van der Waals surface area contributed by atoms with Crippen LogP contribution < -0.4 is 5.32 Å². The standard InChI is InChI=1S/C23H25N3O3/c1-17-16-29-22(24-17)19-8-5-9-20(14-19)25-23(27)26-12-13-28-21(15-26)11-10-18-6-3-2-4-7-18/h2-9,14,16,21H,10-13,15H2,1H3,(H,25,27). The lowest BCUT2D eigenvalue weighted by molar-refractivity contribution is -0.0157. The number of nitrogens with zero attached hydrogens (tertiary/aromatic N) is 2. The van der Waals surface area contributed by atoms with Gasteiger partial charge in [0.15, 0.2) is 0 Å². The summed E-state index contributed by atoms with van der Waals surface area (Å²) in [4.78, 5) is 18.9. The summed E-state index contributed by atoms with van der Waals surface area (Å²) < 4.78 is 11.3. The molecule has 1 saturated heterocycles. The predicted octanol–water partition coefficient (Wildman–Crippen LogP) is 4.52. The van der Waals surface area contributed by atoms with Gasteiger partial charge in [0, 0.05) is 24.3 Å². The molecule has 2 aromatic carbocycles. The highest BCUT2D eigenvalue weighted by Gasteiger charge is 2.24. The van der Waals surface area contributed by atoms with E-state index < -0.39 is 0 Å². The number of nitrogens with one attached hydrogen (secondary N) is 1. The number of amides is 2. The van der Waals surface area contributed by atoms with Gasteiger partial charge in [0.1, 0.15) is 6.26 Å². The van der Waals surface area contributed by atoms with Crippen molar-refractivity contribution in [2.24, 2.45) is 0 Å². The Kier molecular flexibility index (Phi) is 5.91. The van der Waals surface area contributed by atoms with E-state index in [4.69, 9.17) is 9.15 Å². The van der Waals surface area contributed by atoms with Crippen molar-refractivity contribution in [2.75, 3.05) is 25.0 Å². The maximum Gasteiger partial charge on any atom is 0.322 e. The number of hydrogen-bond acceptors (Lipinski definition) is 4. The van der Waals surface area contributed by atoms with E-state index in [1.807, 2.05) is 54.3 Å². The second-order valence-corrected chi connectivity index (χ2v) is 7.27. The third-order valence-corrected chi connectivity index (χ3v) is 5.00. The Hall–Kier alpha value is -3.12. The number of rotatable bonds is 5. The van der Waals surface area contributed by atoms with E-state index in [9.17, 15) is 4.79 Å². The smallest absolute Gasteiger partial charge is 0.322 e. The minimum Gasteiger partial charge on any atom is -0.444 e. The van der Waals surface area contributed by atoms with E-state index in [-0.39, 0.29) is 12.1 Å². The summed E-state index contributed by atoms with van der Waals surface area (Å²) in [7, 11) is 0. The van der Waals surface area contributed by atoms with Crippen LogP contribution in [-0.4, -0.2) is 41.7 Å². The Balaban J connectivity index is 1.34. The van der Waals surface area contributed by atoms with Crippen LogP contribution in [0.15, 0.2) is 65.3 Å². The Labute approximate surface area is 170 Å². The predicted molar refractivity (Wildman–Crippen MR) is 112 cm³/mol. The van der Waals surface area contributed by atoms with Crippen LogP contribution in [0, 0.1) is 6.92 Å². The molecule has 0 bridgehead atoms. The van der Waals surface area contributed by atoms with Crippen LogP contribution in [0.25, 0.3) is 11.5 Å². The van der Waals surface area contributed by atoms with Crippen molar-refractivity contribution >= 4 is 11.7 Å². The molecule has 1 unspecified atom stereocenters. The van der Waals surface area contributed by atoms with E-state index in [0.717, 1.165) is 29.8 Å². The van der Waals surface area contributed by atoms with Crippen LogP contribution in [0.1, 0.15) is 17.7 Å². The zero-order valence-corrected chi connectivity index (χ0v) is 16.5. The van der Waals surface area contributed by atoms with Crippen molar-refractivity contribution in [3.05, 3.63) is 72.1 Å². The van der Waals surface area contributed by atoms with Gasteiger partial charge >= 0.3 is 6.03 Å². The van der Waals surface area contributed by atoms with Gasteiger partial charge in [-0.25, -0.2) is 9.78 Å². The van der Waals surface area contributed by atoms with Gasteiger partial charge in [-0.3, -0.25) is 0 Å². The van der Waals surface area contributed by atoms with E-state index in [1.54, 1.807) is 6.26 Å². The number of oxazole rings is 1. The molecule has 2 heterocycles. The lowest BCUT2D eigenvalue weighted by Gasteiger charge is -2.33. The van der Waals surface area contributed by atoms with Crippen LogP contribution >= 0.6 is 0 Å². The molecule has 1 aromatic heterocycles. The molecule has 0 saturated carbocycles. The summed E-state index contributed by atoms with van der Waals surface area (Å²) >= 11 is 0. The molecule has 4 rings (SSSR count). The highest BCUT2D eigenvalue weighted by Crippen LogP contribution is 2.22. The molecular formula is C23H25N3O3. The van der Waals surface area contributed by atoms with Crippen molar-refractivity contribution < 1.29 is 13.9 Å². The topological polar surface area (TPSA) is 67.6 Å². The van der Waals surface area contributed by atoms with Crippen LogP contribution in [0.3, 0.4) is 0 Å². The fourth-order valence-electron chi connectivity index (χ4n) is 3.47. The molecule has 1 N–H and O–H groups in total. The molecule has 6 nitrogen and oxygen atoms in total. The average Bonchev–Trinajstić information content (AvgIpc) is 3.20. The van der Waals surface area contributed by atoms with Gasteiger partial charge < -0.3 is 19.4 Å². The number of morpholine rings is 1. The summed E-state index contributed by atoms with van der Waals surface area (Å²) in [5, 5.41) is 2.98. The molecule has 0 aliphatic carbocycles. The normalized spacial score (nSPS) is 16.6. The van der Waals surface area contributed by atoms with Gasteiger partial charge in [0.25, 0.3) is 0 Å². The molecule has 3 aromatic rings. The van der Waals surface area contributed by atoms with Gasteiger partial charge in [-0.15, -0.1) is 0 Å². The average molecular weight is 391 g/mol. The zero-order chi connectivity index (χ0) is 20.1. The van der Waals surface area contributed by atoms with E-state index >= 15 is 0 Å². The van der Waals surface area contributed by atoms with Crippen molar-refractivity contribution in [1.29, 1.82) is 0 Å². The summed E-state index contributed by atoms with van der Waals surface area (Å²) in [6.07, 6.45) is 3.51. The molecule has 1 fully saturated rings. The molecule has 29 heavy (non-hydrogen) atoms. The van der Waals surface area contributed by atoms with Crippen molar-refractivity contribution in [3.63, 3.8) is 0 Å². The highest BCUT2D eigenvalue weighted by atomic mass is 16.5. The SMILES string of the molecule is Cc1coc(-c2cccc(NC(=O)N3CCOC(CCc4ccccc4)C3)c2)n1. The Morgan fingerprint density at radius 3 is 2.86 bits per heavy atom. The quantitative estimate of drug-likeness (QED) is 0.695. The number of hydrogen-bond donors (Lipinski definition) is 1. The summed E-state index contributed by atoms with van der Waals surface area (Å²) in [5.74, 6) is 0.547. The monoisotopic (exact) mass is 391 g/mol. The number of anilines is 1. The number of ether oxygens (including phenoxy) is 1. The van der Waals surface area contributed by atoms with Gasteiger partial charge in [0.2, 0.25) is 5.89 Å². The maximum absolute atomic E-state index is 12.8.